The summed E-state index contributed by atoms with van der Waals surface area (Å²) in [5.74, 6) is 3.22. The molecule has 0 saturated heterocycles. The summed E-state index contributed by atoms with van der Waals surface area (Å²) in [5, 5.41) is 0. The molecule has 0 aromatic carbocycles. The fraction of sp³-hybridized carbons (Fsp3) is 0.765. The van der Waals surface area contributed by atoms with Gasteiger partial charge in [-0.05, 0) is 32.1 Å². The molecule has 0 atom stereocenters. The molecule has 4 heteroatoms. The van der Waals surface area contributed by atoms with E-state index in [0.717, 1.165) is 23.8 Å². The lowest BCUT2D eigenvalue weighted by atomic mass is 9.95. The van der Waals surface area contributed by atoms with Gasteiger partial charge in [-0.3, -0.25) is 0 Å². The van der Waals surface area contributed by atoms with Gasteiger partial charge in [-0.2, -0.15) is 0 Å². The molecular weight excluding hydrogens is 260 g/mol. The predicted octanol–water partition coefficient (Wildman–Crippen LogP) is 3.68. The molecule has 1 saturated carbocycles. The van der Waals surface area contributed by atoms with Crippen molar-refractivity contribution in [2.24, 2.45) is 5.92 Å². The van der Waals surface area contributed by atoms with E-state index in [4.69, 9.17) is 10.7 Å². The number of rotatable bonds is 5. The zero-order valence-corrected chi connectivity index (χ0v) is 14.4. The van der Waals surface area contributed by atoms with Crippen LogP contribution < -0.4 is 10.6 Å². The summed E-state index contributed by atoms with van der Waals surface area (Å²) in [4.78, 5) is 11.8. The van der Waals surface area contributed by atoms with Crippen LogP contribution in [0.3, 0.4) is 0 Å². The molecule has 1 heterocycles. The normalized spacial score (nSPS) is 15.6. The van der Waals surface area contributed by atoms with Gasteiger partial charge in [0.25, 0.3) is 0 Å². The van der Waals surface area contributed by atoms with Crippen LogP contribution in [0.2, 0.25) is 0 Å². The molecule has 0 unspecified atom stereocenters. The number of nitrogen functional groups attached to an aromatic ring is 1. The minimum Gasteiger partial charge on any atom is -0.383 e. The van der Waals surface area contributed by atoms with Crippen LogP contribution in [0.1, 0.15) is 65.3 Å². The SMILES string of the molecule is Cc1c(N)nc(C(C)(C)C)nc1N(CCC(C)C)C1CC1. The maximum atomic E-state index is 6.15. The Bertz CT molecular complexity index is 498. The van der Waals surface area contributed by atoms with Crippen molar-refractivity contribution in [2.45, 2.75) is 72.3 Å². The Labute approximate surface area is 129 Å². The zero-order chi connectivity index (χ0) is 15.8. The number of anilines is 2. The summed E-state index contributed by atoms with van der Waals surface area (Å²) < 4.78 is 0. The van der Waals surface area contributed by atoms with E-state index in [1.165, 1.54) is 19.3 Å². The Morgan fingerprint density at radius 3 is 2.33 bits per heavy atom. The average Bonchev–Trinajstić information content (AvgIpc) is 3.17. The van der Waals surface area contributed by atoms with Crippen molar-refractivity contribution in [3.05, 3.63) is 11.4 Å². The second-order valence-electron chi connectivity index (χ2n) is 7.74. The number of nitrogens with two attached hydrogens (primary N) is 1. The van der Waals surface area contributed by atoms with E-state index in [1.54, 1.807) is 0 Å². The highest BCUT2D eigenvalue weighted by Gasteiger charge is 2.32. The molecule has 2 N–H and O–H groups in total. The summed E-state index contributed by atoms with van der Waals surface area (Å²) in [5.41, 5.74) is 7.10. The summed E-state index contributed by atoms with van der Waals surface area (Å²) in [6.07, 6.45) is 3.73. The smallest absolute Gasteiger partial charge is 0.138 e. The Balaban J connectivity index is 2.37. The van der Waals surface area contributed by atoms with E-state index in [-0.39, 0.29) is 5.41 Å². The van der Waals surface area contributed by atoms with Gasteiger partial charge in [0.1, 0.15) is 17.5 Å². The van der Waals surface area contributed by atoms with Crippen molar-refractivity contribution in [3.63, 3.8) is 0 Å². The molecule has 0 bridgehead atoms. The Morgan fingerprint density at radius 2 is 1.86 bits per heavy atom. The van der Waals surface area contributed by atoms with Crippen LogP contribution >= 0.6 is 0 Å². The first-order valence-electron chi connectivity index (χ1n) is 8.11. The third-order valence-corrected chi connectivity index (χ3v) is 4.04. The molecule has 0 amide bonds. The summed E-state index contributed by atoms with van der Waals surface area (Å²) >= 11 is 0. The Kier molecular flexibility index (Phi) is 4.45. The molecule has 2 rings (SSSR count). The standard InChI is InChI=1S/C17H30N4/c1-11(2)9-10-21(13-7-8-13)15-12(3)14(18)19-16(20-15)17(4,5)6/h11,13H,7-10H2,1-6H3,(H2,18,19,20). The average molecular weight is 290 g/mol. The van der Waals surface area contributed by atoms with Crippen molar-refractivity contribution >= 4 is 11.6 Å². The highest BCUT2D eigenvalue weighted by Crippen LogP contribution is 2.35. The molecule has 0 spiro atoms. The number of nitrogens with zero attached hydrogens (tertiary/aromatic N) is 3. The topological polar surface area (TPSA) is 55.0 Å². The largest absolute Gasteiger partial charge is 0.383 e. The van der Waals surface area contributed by atoms with Gasteiger partial charge in [0.15, 0.2) is 0 Å². The first kappa shape index (κ1) is 16.1. The highest BCUT2D eigenvalue weighted by atomic mass is 15.2. The van der Waals surface area contributed by atoms with Crippen molar-refractivity contribution in [1.29, 1.82) is 0 Å². The molecule has 1 aliphatic rings. The highest BCUT2D eigenvalue weighted by molar-refractivity contribution is 5.58. The molecule has 1 aromatic rings. The molecule has 0 radical (unpaired) electrons. The van der Waals surface area contributed by atoms with E-state index in [1.807, 2.05) is 6.92 Å². The van der Waals surface area contributed by atoms with Gasteiger partial charge >= 0.3 is 0 Å². The molecule has 1 aliphatic carbocycles. The Morgan fingerprint density at radius 1 is 1.24 bits per heavy atom. The lowest BCUT2D eigenvalue weighted by molar-refractivity contribution is 0.538. The molecule has 0 aliphatic heterocycles. The molecule has 1 aromatic heterocycles. The van der Waals surface area contributed by atoms with Gasteiger partial charge in [0, 0.05) is 23.6 Å². The van der Waals surface area contributed by atoms with E-state index in [9.17, 15) is 0 Å². The van der Waals surface area contributed by atoms with Crippen LogP contribution in [0, 0.1) is 12.8 Å². The molecule has 118 valence electrons. The van der Waals surface area contributed by atoms with Crippen molar-refractivity contribution in [2.75, 3.05) is 17.2 Å². The second kappa shape index (κ2) is 5.82. The summed E-state index contributed by atoms with van der Waals surface area (Å²) in [7, 11) is 0. The lowest BCUT2D eigenvalue weighted by Gasteiger charge is -2.28. The number of hydrogen-bond donors (Lipinski definition) is 1. The maximum Gasteiger partial charge on any atom is 0.138 e. The van der Waals surface area contributed by atoms with Crippen LogP contribution in [-0.4, -0.2) is 22.6 Å². The quantitative estimate of drug-likeness (QED) is 0.898. The Hall–Kier alpha value is -1.32. The van der Waals surface area contributed by atoms with Gasteiger partial charge in [-0.1, -0.05) is 34.6 Å². The van der Waals surface area contributed by atoms with E-state index >= 15 is 0 Å². The molecule has 21 heavy (non-hydrogen) atoms. The third-order valence-electron chi connectivity index (χ3n) is 4.04. The first-order chi connectivity index (χ1) is 9.70. The van der Waals surface area contributed by atoms with Gasteiger partial charge in [0.2, 0.25) is 0 Å². The van der Waals surface area contributed by atoms with Gasteiger partial charge < -0.3 is 10.6 Å². The predicted molar refractivity (Wildman–Crippen MR) is 89.7 cm³/mol. The van der Waals surface area contributed by atoms with E-state index in [0.29, 0.717) is 17.8 Å². The monoisotopic (exact) mass is 290 g/mol. The lowest BCUT2D eigenvalue weighted by Crippen LogP contribution is -2.31. The van der Waals surface area contributed by atoms with Crippen LogP contribution in [0.25, 0.3) is 0 Å². The van der Waals surface area contributed by atoms with Crippen molar-refractivity contribution < 1.29 is 0 Å². The molecular formula is C17H30N4. The van der Waals surface area contributed by atoms with Gasteiger partial charge in [-0.15, -0.1) is 0 Å². The fourth-order valence-electron chi connectivity index (χ4n) is 2.38. The molecule has 4 nitrogen and oxygen atoms in total. The number of aromatic nitrogens is 2. The van der Waals surface area contributed by atoms with Crippen molar-refractivity contribution in [1.82, 2.24) is 9.97 Å². The first-order valence-corrected chi connectivity index (χ1v) is 8.11. The minimum atomic E-state index is -0.0795. The zero-order valence-electron chi connectivity index (χ0n) is 14.4. The summed E-state index contributed by atoms with van der Waals surface area (Å²) in [6, 6.07) is 0.643. The second-order valence-corrected chi connectivity index (χ2v) is 7.74. The fourth-order valence-corrected chi connectivity index (χ4v) is 2.38. The van der Waals surface area contributed by atoms with Crippen LogP contribution in [-0.2, 0) is 5.41 Å². The third kappa shape index (κ3) is 3.86. The van der Waals surface area contributed by atoms with E-state index in [2.05, 4.69) is 44.5 Å². The van der Waals surface area contributed by atoms with Gasteiger partial charge in [-0.25, -0.2) is 9.97 Å². The minimum absolute atomic E-state index is 0.0795. The van der Waals surface area contributed by atoms with Crippen molar-refractivity contribution in [3.8, 4) is 0 Å². The summed E-state index contributed by atoms with van der Waals surface area (Å²) in [6.45, 7) is 14.0. The van der Waals surface area contributed by atoms with E-state index < -0.39 is 0 Å². The van der Waals surface area contributed by atoms with Crippen LogP contribution in [0.15, 0.2) is 0 Å². The maximum absolute atomic E-state index is 6.15. The van der Waals surface area contributed by atoms with Crippen LogP contribution in [0.4, 0.5) is 11.6 Å². The van der Waals surface area contributed by atoms with Gasteiger partial charge in [0.05, 0.1) is 0 Å². The van der Waals surface area contributed by atoms with Crippen LogP contribution in [0.5, 0.6) is 0 Å². The molecule has 1 fully saturated rings. The number of hydrogen-bond acceptors (Lipinski definition) is 4.